The lowest BCUT2D eigenvalue weighted by Gasteiger charge is -2.38. The van der Waals surface area contributed by atoms with E-state index in [0.717, 1.165) is 18.4 Å². The standard InChI is InChI=1S/C16H22ClNO3/c1-9-7-12(8-10(2)21-9)14(15(18)16(19)20)11-3-5-13(17)6-4-11/h3-6,9-10,12,14-15H,7-8,18H2,1-2H3,(H,19,20)/t9-,10+,12+,14-,15-/m0/s1. The van der Waals surface area contributed by atoms with E-state index in [0.29, 0.717) is 5.02 Å². The second-order valence-corrected chi connectivity index (χ2v) is 6.37. The van der Waals surface area contributed by atoms with E-state index in [1.165, 1.54) is 0 Å². The van der Waals surface area contributed by atoms with Crippen LogP contribution >= 0.6 is 11.6 Å². The Kier molecular flexibility index (Phi) is 5.25. The van der Waals surface area contributed by atoms with Gasteiger partial charge in [-0.05, 0) is 50.3 Å². The average Bonchev–Trinajstić information content (AvgIpc) is 2.40. The maximum atomic E-state index is 11.4. The minimum absolute atomic E-state index is 0.120. The van der Waals surface area contributed by atoms with E-state index >= 15 is 0 Å². The number of rotatable bonds is 4. The third kappa shape index (κ3) is 3.96. The third-order valence-electron chi connectivity index (χ3n) is 4.17. The summed E-state index contributed by atoms with van der Waals surface area (Å²) in [4.78, 5) is 11.4. The minimum atomic E-state index is -0.971. The van der Waals surface area contributed by atoms with Gasteiger partial charge in [0.1, 0.15) is 6.04 Å². The Hall–Kier alpha value is -1.10. The molecule has 1 aliphatic heterocycles. The lowest BCUT2D eigenvalue weighted by molar-refractivity contribution is -0.140. The Bertz CT molecular complexity index is 481. The summed E-state index contributed by atoms with van der Waals surface area (Å²) in [6.07, 6.45) is 1.88. The number of carboxylic acids is 1. The van der Waals surface area contributed by atoms with E-state index in [4.69, 9.17) is 22.1 Å². The van der Waals surface area contributed by atoms with Crippen molar-refractivity contribution in [2.45, 2.75) is 50.9 Å². The molecule has 1 aromatic carbocycles. The first-order chi connectivity index (χ1) is 9.88. The quantitative estimate of drug-likeness (QED) is 0.896. The molecule has 1 aromatic rings. The van der Waals surface area contributed by atoms with E-state index in [1.807, 2.05) is 26.0 Å². The predicted octanol–water partition coefficient (Wildman–Crippen LogP) is 3.04. The number of carboxylic acid groups (broad SMARTS) is 1. The van der Waals surface area contributed by atoms with Crippen molar-refractivity contribution in [1.82, 2.24) is 0 Å². The van der Waals surface area contributed by atoms with Crippen LogP contribution in [0.2, 0.25) is 5.02 Å². The van der Waals surface area contributed by atoms with E-state index in [2.05, 4.69) is 0 Å². The summed E-state index contributed by atoms with van der Waals surface area (Å²) in [6, 6.07) is 6.39. The summed E-state index contributed by atoms with van der Waals surface area (Å²) in [5.41, 5.74) is 6.91. The van der Waals surface area contributed by atoms with Crippen LogP contribution < -0.4 is 5.73 Å². The molecule has 0 aliphatic carbocycles. The van der Waals surface area contributed by atoms with Crippen molar-refractivity contribution >= 4 is 17.6 Å². The molecule has 3 N–H and O–H groups in total. The van der Waals surface area contributed by atoms with Crippen molar-refractivity contribution in [3.63, 3.8) is 0 Å². The molecule has 1 saturated heterocycles. The molecule has 4 nitrogen and oxygen atoms in total. The fraction of sp³-hybridized carbons (Fsp3) is 0.562. The van der Waals surface area contributed by atoms with Crippen LogP contribution in [0.4, 0.5) is 0 Å². The number of carbonyl (C=O) groups is 1. The molecule has 2 rings (SSSR count). The number of ether oxygens (including phenoxy) is 1. The topological polar surface area (TPSA) is 72.6 Å². The highest BCUT2D eigenvalue weighted by atomic mass is 35.5. The van der Waals surface area contributed by atoms with Gasteiger partial charge in [-0.3, -0.25) is 4.79 Å². The van der Waals surface area contributed by atoms with Gasteiger partial charge in [-0.2, -0.15) is 0 Å². The number of hydrogen-bond donors (Lipinski definition) is 2. The molecule has 0 unspecified atom stereocenters. The molecule has 0 bridgehead atoms. The predicted molar refractivity (Wildman–Crippen MR) is 82.5 cm³/mol. The van der Waals surface area contributed by atoms with Crippen molar-refractivity contribution in [2.24, 2.45) is 11.7 Å². The maximum absolute atomic E-state index is 11.4. The Morgan fingerprint density at radius 2 is 1.81 bits per heavy atom. The highest BCUT2D eigenvalue weighted by molar-refractivity contribution is 6.30. The first-order valence-corrected chi connectivity index (χ1v) is 7.65. The smallest absolute Gasteiger partial charge is 0.321 e. The van der Waals surface area contributed by atoms with Crippen LogP contribution in [-0.4, -0.2) is 29.3 Å². The average molecular weight is 312 g/mol. The van der Waals surface area contributed by atoms with Crippen molar-refractivity contribution in [2.75, 3.05) is 0 Å². The Morgan fingerprint density at radius 3 is 2.29 bits per heavy atom. The molecule has 5 heteroatoms. The van der Waals surface area contributed by atoms with Crippen LogP contribution in [0.5, 0.6) is 0 Å². The first kappa shape index (κ1) is 16.3. The second-order valence-electron chi connectivity index (χ2n) is 5.93. The molecule has 1 heterocycles. The summed E-state index contributed by atoms with van der Waals surface area (Å²) < 4.78 is 5.75. The molecule has 1 fully saturated rings. The molecule has 1 aliphatic rings. The fourth-order valence-corrected chi connectivity index (χ4v) is 3.49. The number of benzene rings is 1. The molecule has 0 spiro atoms. The zero-order valence-electron chi connectivity index (χ0n) is 12.3. The van der Waals surface area contributed by atoms with Crippen LogP contribution in [0.25, 0.3) is 0 Å². The van der Waals surface area contributed by atoms with E-state index in [1.54, 1.807) is 12.1 Å². The van der Waals surface area contributed by atoms with Gasteiger partial charge in [0, 0.05) is 10.9 Å². The molecule has 0 amide bonds. The third-order valence-corrected chi connectivity index (χ3v) is 4.42. The van der Waals surface area contributed by atoms with E-state index < -0.39 is 12.0 Å². The van der Waals surface area contributed by atoms with E-state index in [-0.39, 0.29) is 24.0 Å². The molecule has 0 radical (unpaired) electrons. The largest absolute Gasteiger partial charge is 0.480 e. The Morgan fingerprint density at radius 1 is 1.29 bits per heavy atom. The molecule has 5 atom stereocenters. The number of nitrogens with two attached hydrogens (primary N) is 1. The summed E-state index contributed by atoms with van der Waals surface area (Å²) in [7, 11) is 0. The molecule has 116 valence electrons. The van der Waals surface area contributed by atoms with Crippen LogP contribution in [0.1, 0.15) is 38.2 Å². The maximum Gasteiger partial charge on any atom is 0.321 e. The molecule has 0 saturated carbocycles. The Labute approximate surface area is 130 Å². The zero-order chi connectivity index (χ0) is 15.6. The van der Waals surface area contributed by atoms with Crippen LogP contribution in [0.15, 0.2) is 24.3 Å². The minimum Gasteiger partial charge on any atom is -0.480 e. The van der Waals surface area contributed by atoms with Crippen LogP contribution in [0.3, 0.4) is 0 Å². The van der Waals surface area contributed by atoms with Crippen LogP contribution in [0, 0.1) is 5.92 Å². The van der Waals surface area contributed by atoms with Gasteiger partial charge in [-0.25, -0.2) is 0 Å². The van der Waals surface area contributed by atoms with Gasteiger partial charge >= 0.3 is 5.97 Å². The number of hydrogen-bond acceptors (Lipinski definition) is 3. The number of aliphatic carboxylic acids is 1. The molecule has 21 heavy (non-hydrogen) atoms. The van der Waals surface area contributed by atoms with Gasteiger partial charge in [0.05, 0.1) is 12.2 Å². The summed E-state index contributed by atoms with van der Waals surface area (Å²) in [5, 5.41) is 9.98. The SMILES string of the molecule is C[C@@H]1C[C@H]([C@H](c2ccc(Cl)cc2)[C@H](N)C(=O)O)C[C@H](C)O1. The van der Waals surface area contributed by atoms with Crippen molar-refractivity contribution < 1.29 is 14.6 Å². The van der Waals surface area contributed by atoms with Crippen molar-refractivity contribution in [1.29, 1.82) is 0 Å². The monoisotopic (exact) mass is 311 g/mol. The summed E-state index contributed by atoms with van der Waals surface area (Å²) in [5.74, 6) is -1.01. The van der Waals surface area contributed by atoms with Gasteiger partial charge in [-0.1, -0.05) is 23.7 Å². The van der Waals surface area contributed by atoms with Crippen molar-refractivity contribution in [3.8, 4) is 0 Å². The highest BCUT2D eigenvalue weighted by Gasteiger charge is 2.37. The number of halogens is 1. The summed E-state index contributed by atoms with van der Waals surface area (Å²) >= 11 is 5.92. The van der Waals surface area contributed by atoms with Gasteiger partial charge in [-0.15, -0.1) is 0 Å². The summed E-state index contributed by atoms with van der Waals surface area (Å²) in [6.45, 7) is 4.04. The van der Waals surface area contributed by atoms with Crippen LogP contribution in [-0.2, 0) is 9.53 Å². The molecular weight excluding hydrogens is 290 g/mol. The Balaban J connectivity index is 2.31. The fourth-order valence-electron chi connectivity index (χ4n) is 3.36. The molecular formula is C16H22ClNO3. The molecule has 0 aromatic heterocycles. The second kappa shape index (κ2) is 6.77. The van der Waals surface area contributed by atoms with Gasteiger partial charge in [0.25, 0.3) is 0 Å². The van der Waals surface area contributed by atoms with Crippen molar-refractivity contribution in [3.05, 3.63) is 34.9 Å². The zero-order valence-corrected chi connectivity index (χ0v) is 13.1. The van der Waals surface area contributed by atoms with Gasteiger partial charge in [0.15, 0.2) is 0 Å². The normalized spacial score (nSPS) is 28.9. The van der Waals surface area contributed by atoms with E-state index in [9.17, 15) is 9.90 Å². The van der Waals surface area contributed by atoms with Gasteiger partial charge < -0.3 is 15.6 Å². The lowest BCUT2D eigenvalue weighted by Crippen LogP contribution is -2.43. The first-order valence-electron chi connectivity index (χ1n) is 7.27. The van der Waals surface area contributed by atoms with Gasteiger partial charge in [0.2, 0.25) is 0 Å². The highest BCUT2D eigenvalue weighted by Crippen LogP contribution is 2.38. The lowest BCUT2D eigenvalue weighted by atomic mass is 9.74.